The van der Waals surface area contributed by atoms with Crippen molar-refractivity contribution in [1.82, 2.24) is 5.01 Å². The fraction of sp³-hybridized carbons (Fsp3) is 0.400. The Bertz CT molecular complexity index is 366. The number of hydrogen-bond donors (Lipinski definition) is 0. The number of hydrogen-bond acceptors (Lipinski definition) is 5. The van der Waals surface area contributed by atoms with Crippen LogP contribution in [0.3, 0.4) is 0 Å². The molecule has 1 heterocycles. The molecule has 4 nitrogen and oxygen atoms in total. The van der Waals surface area contributed by atoms with Crippen molar-refractivity contribution in [3.63, 3.8) is 0 Å². The van der Waals surface area contributed by atoms with Gasteiger partial charge in [0.15, 0.2) is 0 Å². The summed E-state index contributed by atoms with van der Waals surface area (Å²) in [5.41, 5.74) is 1.14. The molecule has 0 aliphatic carbocycles. The maximum Gasteiger partial charge on any atom is 0.132 e. The molecule has 0 unspecified atom stereocenters. The van der Waals surface area contributed by atoms with E-state index in [1.807, 2.05) is 34.9 Å². The van der Waals surface area contributed by atoms with Crippen LogP contribution in [0.1, 0.15) is 6.92 Å². The lowest BCUT2D eigenvalue weighted by Gasteiger charge is -2.16. The van der Waals surface area contributed by atoms with Crippen molar-refractivity contribution in [2.75, 3.05) is 24.5 Å². The molecule has 0 N–H and O–H groups in total. The summed E-state index contributed by atoms with van der Waals surface area (Å²) in [6.45, 7) is 2.88. The topological polar surface area (TPSA) is 31.2 Å². The average Bonchev–Trinajstić information content (AvgIpc) is 2.66. The van der Waals surface area contributed by atoms with Gasteiger partial charge in [0.2, 0.25) is 0 Å². The van der Waals surface area contributed by atoms with Gasteiger partial charge >= 0.3 is 0 Å². The van der Waals surface area contributed by atoms with Gasteiger partial charge in [-0.1, -0.05) is 24.3 Å². The molecule has 1 aromatic carbocycles. The molecule has 0 bridgehead atoms. The third-order valence-corrected chi connectivity index (χ3v) is 3.03. The molecule has 0 amide bonds. The van der Waals surface area contributed by atoms with Gasteiger partial charge in [-0.25, -0.2) is 5.01 Å². The Morgan fingerprint density at radius 3 is 2.80 bits per heavy atom. The number of benzene rings is 1. The summed E-state index contributed by atoms with van der Waals surface area (Å²) in [5, 5.41) is 11.8. The van der Waals surface area contributed by atoms with Crippen LogP contribution in [0.15, 0.2) is 39.6 Å². The molecule has 0 aromatic heterocycles. The molecule has 5 heteroatoms. The molecule has 0 saturated carbocycles. The second-order valence-corrected chi connectivity index (χ2v) is 4.58. The summed E-state index contributed by atoms with van der Waals surface area (Å²) in [5.74, 6) is 1.07. The third kappa shape index (κ3) is 2.23. The molecule has 15 heavy (non-hydrogen) atoms. The van der Waals surface area contributed by atoms with Crippen LogP contribution in [0.5, 0.6) is 0 Å². The number of thioether (sulfide) groups is 1. The zero-order valence-corrected chi connectivity index (χ0v) is 9.74. The SMILES string of the molecule is CCSc1ccccc1N1CN(C)N=N1. The summed E-state index contributed by atoms with van der Waals surface area (Å²) < 4.78 is 0. The Labute approximate surface area is 93.9 Å². The standard InChI is InChI=1S/C10H14N4S/c1-3-15-10-7-5-4-6-9(10)14-8-13(2)11-12-14/h4-7H,3,8H2,1-2H3. The fourth-order valence-corrected chi connectivity index (χ4v) is 2.25. The maximum absolute atomic E-state index is 4.10. The van der Waals surface area contributed by atoms with Crippen LogP contribution in [-0.2, 0) is 0 Å². The third-order valence-electron chi connectivity index (χ3n) is 2.08. The van der Waals surface area contributed by atoms with E-state index in [9.17, 15) is 0 Å². The van der Waals surface area contributed by atoms with Gasteiger partial charge in [0.1, 0.15) is 6.67 Å². The molecule has 80 valence electrons. The van der Waals surface area contributed by atoms with Crippen LogP contribution in [0, 0.1) is 0 Å². The normalized spacial score (nSPS) is 15.1. The maximum atomic E-state index is 4.10. The first-order valence-electron chi connectivity index (χ1n) is 4.93. The minimum absolute atomic E-state index is 0.723. The van der Waals surface area contributed by atoms with Crippen molar-refractivity contribution < 1.29 is 0 Å². The minimum Gasteiger partial charge on any atom is -0.258 e. The number of anilines is 1. The largest absolute Gasteiger partial charge is 0.258 e. The lowest BCUT2D eigenvalue weighted by Crippen LogP contribution is -2.21. The van der Waals surface area contributed by atoms with Gasteiger partial charge in [-0.2, -0.15) is 0 Å². The molecule has 1 aliphatic heterocycles. The van der Waals surface area contributed by atoms with Gasteiger partial charge in [-0.15, -0.1) is 11.8 Å². The number of rotatable bonds is 3. The highest BCUT2D eigenvalue weighted by atomic mass is 32.2. The van der Waals surface area contributed by atoms with Crippen LogP contribution in [-0.4, -0.2) is 24.5 Å². The van der Waals surface area contributed by atoms with Gasteiger partial charge in [0, 0.05) is 11.9 Å². The summed E-state index contributed by atoms with van der Waals surface area (Å²) in [6.07, 6.45) is 0. The van der Waals surface area contributed by atoms with Gasteiger partial charge in [-0.3, -0.25) is 5.01 Å². The molecule has 0 radical (unpaired) electrons. The molecule has 0 atom stereocenters. The van der Waals surface area contributed by atoms with E-state index in [0.717, 1.165) is 18.1 Å². The first-order chi connectivity index (χ1) is 7.31. The lowest BCUT2D eigenvalue weighted by atomic mass is 10.3. The van der Waals surface area contributed by atoms with Gasteiger partial charge < -0.3 is 0 Å². The van der Waals surface area contributed by atoms with E-state index in [4.69, 9.17) is 0 Å². The Kier molecular flexibility index (Phi) is 3.11. The summed E-state index contributed by atoms with van der Waals surface area (Å²) >= 11 is 1.83. The summed E-state index contributed by atoms with van der Waals surface area (Å²) in [4.78, 5) is 1.26. The minimum atomic E-state index is 0.723. The molecular formula is C10H14N4S. The van der Waals surface area contributed by atoms with Crippen LogP contribution >= 0.6 is 11.8 Å². The quantitative estimate of drug-likeness (QED) is 0.737. The average molecular weight is 222 g/mol. The highest BCUT2D eigenvalue weighted by Crippen LogP contribution is 2.31. The van der Waals surface area contributed by atoms with E-state index in [2.05, 4.69) is 35.6 Å². The zero-order valence-electron chi connectivity index (χ0n) is 8.92. The number of nitrogens with zero attached hydrogens (tertiary/aromatic N) is 4. The zero-order chi connectivity index (χ0) is 10.7. The van der Waals surface area contributed by atoms with Crippen molar-refractivity contribution in [3.05, 3.63) is 24.3 Å². The van der Waals surface area contributed by atoms with Crippen molar-refractivity contribution in [1.29, 1.82) is 0 Å². The molecule has 2 rings (SSSR count). The van der Waals surface area contributed by atoms with E-state index in [0.29, 0.717) is 0 Å². The smallest absolute Gasteiger partial charge is 0.132 e. The highest BCUT2D eigenvalue weighted by Gasteiger charge is 2.16. The predicted molar refractivity (Wildman–Crippen MR) is 62.8 cm³/mol. The van der Waals surface area contributed by atoms with Crippen LogP contribution < -0.4 is 5.01 Å². The van der Waals surface area contributed by atoms with Gasteiger partial charge in [0.25, 0.3) is 0 Å². The fourth-order valence-electron chi connectivity index (χ4n) is 1.44. The van der Waals surface area contributed by atoms with E-state index in [1.165, 1.54) is 4.90 Å². The Morgan fingerprint density at radius 1 is 1.33 bits per heavy atom. The van der Waals surface area contributed by atoms with Crippen LogP contribution in [0.2, 0.25) is 0 Å². The Hall–Kier alpha value is -1.23. The molecular weight excluding hydrogens is 208 g/mol. The molecule has 0 fully saturated rings. The van der Waals surface area contributed by atoms with Crippen molar-refractivity contribution in [2.24, 2.45) is 10.4 Å². The summed E-state index contributed by atoms with van der Waals surface area (Å²) in [7, 11) is 1.92. The summed E-state index contributed by atoms with van der Waals surface area (Å²) in [6, 6.07) is 8.29. The van der Waals surface area contributed by atoms with Crippen molar-refractivity contribution >= 4 is 17.4 Å². The van der Waals surface area contributed by atoms with Crippen molar-refractivity contribution in [3.8, 4) is 0 Å². The van der Waals surface area contributed by atoms with E-state index >= 15 is 0 Å². The first-order valence-corrected chi connectivity index (χ1v) is 5.92. The first kappa shape index (κ1) is 10.3. The van der Waals surface area contributed by atoms with E-state index in [-0.39, 0.29) is 0 Å². The van der Waals surface area contributed by atoms with Crippen LogP contribution in [0.4, 0.5) is 5.69 Å². The second kappa shape index (κ2) is 4.53. The van der Waals surface area contributed by atoms with Gasteiger partial charge in [-0.05, 0) is 23.1 Å². The van der Waals surface area contributed by atoms with Crippen LogP contribution in [0.25, 0.3) is 0 Å². The Balaban J connectivity index is 2.23. The molecule has 1 aliphatic rings. The molecule has 0 spiro atoms. The molecule has 1 aromatic rings. The predicted octanol–water partition coefficient (Wildman–Crippen LogP) is 2.79. The lowest BCUT2D eigenvalue weighted by molar-refractivity contribution is 0.390. The van der Waals surface area contributed by atoms with Gasteiger partial charge in [0.05, 0.1) is 5.69 Å². The second-order valence-electron chi connectivity index (χ2n) is 3.28. The monoisotopic (exact) mass is 222 g/mol. The molecule has 0 saturated heterocycles. The van der Waals surface area contributed by atoms with Crippen molar-refractivity contribution in [2.45, 2.75) is 11.8 Å². The number of para-hydroxylation sites is 1. The van der Waals surface area contributed by atoms with E-state index < -0.39 is 0 Å². The van der Waals surface area contributed by atoms with E-state index in [1.54, 1.807) is 0 Å². The Morgan fingerprint density at radius 2 is 2.13 bits per heavy atom. The highest BCUT2D eigenvalue weighted by molar-refractivity contribution is 7.99.